The van der Waals surface area contributed by atoms with Crippen LogP contribution in [0.1, 0.15) is 33.5 Å². The molecule has 0 radical (unpaired) electrons. The maximum absolute atomic E-state index is 11.5. The molecule has 0 fully saturated rings. The largest absolute Gasteiger partial charge is 0.466 e. The van der Waals surface area contributed by atoms with Crippen molar-refractivity contribution < 1.29 is 14.3 Å². The molecule has 1 rings (SSSR count). The molecule has 0 bridgehead atoms. The van der Waals surface area contributed by atoms with Gasteiger partial charge in [-0.2, -0.15) is 0 Å². The molecular weight excluding hydrogens is 423 g/mol. The lowest BCUT2D eigenvalue weighted by atomic mass is 10.0. The molecule has 0 aliphatic rings. The lowest BCUT2D eigenvalue weighted by Crippen LogP contribution is -2.42. The summed E-state index contributed by atoms with van der Waals surface area (Å²) in [4.78, 5) is 15.8. The number of hydrogen-bond acceptors (Lipinski definition) is 4. The number of carbonyl (C=O) groups is 1. The predicted octanol–water partition coefficient (Wildman–Crippen LogP) is 1.43. The van der Waals surface area contributed by atoms with Gasteiger partial charge >= 0.3 is 0 Å². The van der Waals surface area contributed by atoms with Crippen molar-refractivity contribution in [3.05, 3.63) is 24.2 Å². The fourth-order valence-electron chi connectivity index (χ4n) is 1.81. The summed E-state index contributed by atoms with van der Waals surface area (Å²) < 4.78 is 5.23. The first-order valence-electron chi connectivity index (χ1n) is 7.93. The van der Waals surface area contributed by atoms with Crippen LogP contribution < -0.4 is 16.0 Å². The van der Waals surface area contributed by atoms with Crippen LogP contribution in [0.3, 0.4) is 0 Å². The third kappa shape index (κ3) is 8.00. The minimum atomic E-state index is -1.17. The summed E-state index contributed by atoms with van der Waals surface area (Å²) in [6, 6.07) is 3.45. The molecule has 1 aromatic heterocycles. The summed E-state index contributed by atoms with van der Waals surface area (Å²) in [5.74, 6) is 1.05. The van der Waals surface area contributed by atoms with Crippen molar-refractivity contribution in [2.75, 3.05) is 26.2 Å². The molecule has 0 aromatic carbocycles. The van der Waals surface area contributed by atoms with Crippen LogP contribution >= 0.6 is 24.0 Å². The zero-order chi connectivity index (χ0) is 17.3. The Morgan fingerprint density at radius 3 is 2.54 bits per heavy atom. The number of aliphatic hydroxyl groups is 1. The Bertz CT molecular complexity index is 501. The average Bonchev–Trinajstić information content (AvgIpc) is 3.03. The number of nitrogens with one attached hydrogen (secondary N) is 3. The van der Waals surface area contributed by atoms with E-state index >= 15 is 0 Å². The van der Waals surface area contributed by atoms with Gasteiger partial charge in [-0.3, -0.25) is 4.79 Å². The first-order valence-corrected chi connectivity index (χ1v) is 7.93. The van der Waals surface area contributed by atoms with Crippen molar-refractivity contribution in [1.82, 2.24) is 16.0 Å². The smallest absolute Gasteiger partial charge is 0.222 e. The van der Waals surface area contributed by atoms with E-state index in [1.165, 1.54) is 6.26 Å². The van der Waals surface area contributed by atoms with Crippen molar-refractivity contribution in [2.45, 2.75) is 33.3 Å². The molecule has 0 aliphatic carbocycles. The number of furan rings is 1. The third-order valence-corrected chi connectivity index (χ3v) is 3.18. The topological polar surface area (TPSA) is 98.9 Å². The molecule has 24 heavy (non-hydrogen) atoms. The Labute approximate surface area is 160 Å². The Balaban J connectivity index is 0.00000529. The molecule has 0 spiro atoms. The summed E-state index contributed by atoms with van der Waals surface area (Å²) in [7, 11) is 0. The number of hydrogen-bond donors (Lipinski definition) is 4. The molecule has 7 nitrogen and oxygen atoms in total. The van der Waals surface area contributed by atoms with E-state index in [1.807, 2.05) is 20.8 Å². The highest BCUT2D eigenvalue weighted by Gasteiger charge is 2.26. The van der Waals surface area contributed by atoms with E-state index in [2.05, 4.69) is 20.9 Å². The van der Waals surface area contributed by atoms with Crippen LogP contribution in [0, 0.1) is 5.92 Å². The van der Waals surface area contributed by atoms with Crippen LogP contribution in [-0.2, 0) is 10.4 Å². The zero-order valence-electron chi connectivity index (χ0n) is 14.8. The van der Waals surface area contributed by atoms with E-state index in [4.69, 9.17) is 4.42 Å². The molecule has 0 saturated heterocycles. The highest BCUT2D eigenvalue weighted by Crippen LogP contribution is 2.20. The summed E-state index contributed by atoms with van der Waals surface area (Å²) in [6.45, 7) is 9.24. The lowest BCUT2D eigenvalue weighted by molar-refractivity contribution is -0.123. The van der Waals surface area contributed by atoms with Crippen molar-refractivity contribution in [1.29, 1.82) is 0 Å². The Kier molecular flexibility index (Phi) is 10.7. The SMILES string of the molecule is CCNC(=NCC(C)(O)c1ccco1)NCCNC(=O)C(C)C.I. The second-order valence-corrected chi connectivity index (χ2v) is 5.82. The molecule has 1 aromatic rings. The minimum Gasteiger partial charge on any atom is -0.466 e. The van der Waals surface area contributed by atoms with Crippen LogP contribution in [0.15, 0.2) is 27.8 Å². The number of halogens is 1. The molecule has 0 aliphatic heterocycles. The van der Waals surface area contributed by atoms with Gasteiger partial charge in [0, 0.05) is 25.6 Å². The maximum Gasteiger partial charge on any atom is 0.222 e. The summed E-state index contributed by atoms with van der Waals surface area (Å²) >= 11 is 0. The zero-order valence-corrected chi connectivity index (χ0v) is 17.1. The van der Waals surface area contributed by atoms with Gasteiger partial charge in [0.05, 0.1) is 12.8 Å². The quantitative estimate of drug-likeness (QED) is 0.207. The lowest BCUT2D eigenvalue weighted by Gasteiger charge is -2.19. The number of aliphatic imine (C=N–C) groups is 1. The molecular formula is C16H29IN4O3. The van der Waals surface area contributed by atoms with Gasteiger partial charge in [-0.15, -0.1) is 24.0 Å². The van der Waals surface area contributed by atoms with E-state index in [9.17, 15) is 9.90 Å². The Hall–Kier alpha value is -1.29. The highest BCUT2D eigenvalue weighted by molar-refractivity contribution is 14.0. The molecule has 1 amide bonds. The van der Waals surface area contributed by atoms with Crippen LogP contribution in [0.4, 0.5) is 0 Å². The number of nitrogens with zero attached hydrogens (tertiary/aromatic N) is 1. The van der Waals surface area contributed by atoms with Gasteiger partial charge in [-0.1, -0.05) is 13.8 Å². The minimum absolute atomic E-state index is 0. The van der Waals surface area contributed by atoms with Crippen molar-refractivity contribution in [2.24, 2.45) is 10.9 Å². The second-order valence-electron chi connectivity index (χ2n) is 5.82. The van der Waals surface area contributed by atoms with Crippen LogP contribution in [0.2, 0.25) is 0 Å². The summed E-state index contributed by atoms with van der Waals surface area (Å²) in [5, 5.41) is 19.4. The van der Waals surface area contributed by atoms with E-state index in [0.717, 1.165) is 0 Å². The fraction of sp³-hybridized carbons (Fsp3) is 0.625. The van der Waals surface area contributed by atoms with E-state index in [1.54, 1.807) is 19.1 Å². The summed E-state index contributed by atoms with van der Waals surface area (Å²) in [5.41, 5.74) is -1.17. The Morgan fingerprint density at radius 2 is 2.00 bits per heavy atom. The average molecular weight is 452 g/mol. The van der Waals surface area contributed by atoms with Gasteiger partial charge in [-0.05, 0) is 26.0 Å². The highest BCUT2D eigenvalue weighted by atomic mass is 127. The molecule has 1 atom stereocenters. The van der Waals surface area contributed by atoms with Crippen molar-refractivity contribution >= 4 is 35.8 Å². The fourth-order valence-corrected chi connectivity index (χ4v) is 1.81. The molecule has 1 unspecified atom stereocenters. The van der Waals surface area contributed by atoms with Crippen LogP contribution in [0.25, 0.3) is 0 Å². The standard InChI is InChI=1S/C16H28N4O3.HI/c1-5-17-15(19-9-8-18-14(21)12(2)3)20-11-16(4,22)13-7-6-10-23-13;/h6-7,10,12,22H,5,8-9,11H2,1-4H3,(H,18,21)(H2,17,19,20);1H. The van der Waals surface area contributed by atoms with Crippen LogP contribution in [0.5, 0.6) is 0 Å². The van der Waals surface area contributed by atoms with E-state index < -0.39 is 5.60 Å². The van der Waals surface area contributed by atoms with Gasteiger partial charge in [0.2, 0.25) is 5.91 Å². The van der Waals surface area contributed by atoms with Crippen LogP contribution in [-0.4, -0.2) is 43.2 Å². The van der Waals surface area contributed by atoms with Crippen molar-refractivity contribution in [3.63, 3.8) is 0 Å². The van der Waals surface area contributed by atoms with E-state index in [-0.39, 0.29) is 42.3 Å². The number of rotatable bonds is 8. The predicted molar refractivity (Wildman–Crippen MR) is 106 cm³/mol. The first kappa shape index (κ1) is 22.7. The third-order valence-electron chi connectivity index (χ3n) is 3.18. The monoisotopic (exact) mass is 452 g/mol. The molecule has 1 heterocycles. The maximum atomic E-state index is 11.5. The van der Waals surface area contributed by atoms with Crippen molar-refractivity contribution in [3.8, 4) is 0 Å². The molecule has 4 N–H and O–H groups in total. The van der Waals surface area contributed by atoms with Gasteiger partial charge in [0.25, 0.3) is 0 Å². The first-order chi connectivity index (χ1) is 10.9. The van der Waals surface area contributed by atoms with Gasteiger partial charge in [-0.25, -0.2) is 4.99 Å². The van der Waals surface area contributed by atoms with E-state index in [0.29, 0.717) is 31.4 Å². The molecule has 8 heteroatoms. The Morgan fingerprint density at radius 1 is 1.33 bits per heavy atom. The van der Waals surface area contributed by atoms with Gasteiger partial charge in [0.15, 0.2) is 5.96 Å². The molecule has 138 valence electrons. The second kappa shape index (κ2) is 11.3. The summed E-state index contributed by atoms with van der Waals surface area (Å²) in [6.07, 6.45) is 1.52. The van der Waals surface area contributed by atoms with Gasteiger partial charge in [0.1, 0.15) is 11.4 Å². The van der Waals surface area contributed by atoms with Gasteiger partial charge < -0.3 is 25.5 Å². The normalized spacial score (nSPS) is 13.8. The number of guanidine groups is 1. The molecule has 0 saturated carbocycles. The number of carbonyl (C=O) groups excluding carboxylic acids is 1. The number of amides is 1.